The van der Waals surface area contributed by atoms with Crippen LogP contribution in [0.15, 0.2) is 48.8 Å². The number of benzene rings is 2. The van der Waals surface area contributed by atoms with Crippen molar-refractivity contribution in [3.8, 4) is 17.1 Å². The highest BCUT2D eigenvalue weighted by Crippen LogP contribution is 2.34. The van der Waals surface area contributed by atoms with E-state index in [1.54, 1.807) is 6.07 Å². The Morgan fingerprint density at radius 2 is 1.84 bits per heavy atom. The van der Waals surface area contributed by atoms with Gasteiger partial charge in [-0.05, 0) is 57.9 Å². The number of fused-ring (bicyclic) bond motifs is 1. The number of aromatic amines is 1. The van der Waals surface area contributed by atoms with Crippen molar-refractivity contribution >= 4 is 11.8 Å². The molecule has 0 unspecified atom stereocenters. The summed E-state index contributed by atoms with van der Waals surface area (Å²) >= 11 is 0. The van der Waals surface area contributed by atoms with Crippen LogP contribution in [0, 0.1) is 0 Å². The Bertz CT molecular complexity index is 1490. The van der Waals surface area contributed by atoms with Gasteiger partial charge >= 0.3 is 0 Å². The maximum absolute atomic E-state index is 13.0. The van der Waals surface area contributed by atoms with Crippen molar-refractivity contribution < 1.29 is 14.7 Å². The largest absolute Gasteiger partial charge is 0.508 e. The number of hydrogen-bond acceptors (Lipinski definition) is 8. The van der Waals surface area contributed by atoms with E-state index in [-0.39, 0.29) is 41.0 Å². The van der Waals surface area contributed by atoms with Gasteiger partial charge in [-0.25, -0.2) is 9.97 Å². The summed E-state index contributed by atoms with van der Waals surface area (Å²) in [5, 5.41) is 30.2. The lowest BCUT2D eigenvalue weighted by atomic mass is 9.86. The third-order valence-corrected chi connectivity index (χ3v) is 6.59. The van der Waals surface area contributed by atoms with E-state index in [9.17, 15) is 14.7 Å². The zero-order valence-electron chi connectivity index (χ0n) is 21.3. The van der Waals surface area contributed by atoms with Crippen molar-refractivity contribution in [1.29, 1.82) is 0 Å². The van der Waals surface area contributed by atoms with Crippen LogP contribution in [0.2, 0.25) is 0 Å². The van der Waals surface area contributed by atoms with Gasteiger partial charge < -0.3 is 15.7 Å². The van der Waals surface area contributed by atoms with Gasteiger partial charge in [0, 0.05) is 18.2 Å². The highest BCUT2D eigenvalue weighted by Gasteiger charge is 2.26. The molecule has 0 spiro atoms. The van der Waals surface area contributed by atoms with Crippen LogP contribution in [-0.4, -0.2) is 47.5 Å². The number of phenols is 1. The fourth-order valence-electron chi connectivity index (χ4n) is 4.62. The molecule has 11 nitrogen and oxygen atoms in total. The molecule has 0 saturated heterocycles. The maximum Gasteiger partial charge on any atom is 0.270 e. The third kappa shape index (κ3) is 5.22. The molecule has 1 aliphatic carbocycles. The van der Waals surface area contributed by atoms with E-state index in [0.717, 1.165) is 40.7 Å². The topological polar surface area (TPSA) is 159 Å². The first kappa shape index (κ1) is 25.0. The van der Waals surface area contributed by atoms with Gasteiger partial charge in [0.1, 0.15) is 23.5 Å². The number of H-pyrrole nitrogens is 1. The van der Waals surface area contributed by atoms with Crippen LogP contribution in [0.3, 0.4) is 0 Å². The fourth-order valence-corrected chi connectivity index (χ4v) is 4.62. The molecule has 0 radical (unpaired) electrons. The Hall–Kier alpha value is -4.67. The molecule has 194 valence electrons. The lowest BCUT2D eigenvalue weighted by Crippen LogP contribution is -2.29. The van der Waals surface area contributed by atoms with Gasteiger partial charge in [0.15, 0.2) is 0 Å². The van der Waals surface area contributed by atoms with Crippen molar-refractivity contribution in [2.24, 2.45) is 0 Å². The Morgan fingerprint density at radius 1 is 1.05 bits per heavy atom. The molecule has 11 heteroatoms. The summed E-state index contributed by atoms with van der Waals surface area (Å²) in [7, 11) is 0. The van der Waals surface area contributed by atoms with Crippen molar-refractivity contribution in [2.75, 3.05) is 0 Å². The summed E-state index contributed by atoms with van der Waals surface area (Å²) in [6, 6.07) is 12.4. The van der Waals surface area contributed by atoms with E-state index < -0.39 is 5.91 Å². The summed E-state index contributed by atoms with van der Waals surface area (Å²) in [5.74, 6) is -0.124. The first-order valence-corrected chi connectivity index (χ1v) is 12.3. The number of rotatable bonds is 6. The molecule has 38 heavy (non-hydrogen) atoms. The zero-order chi connectivity index (χ0) is 26.9. The second-order valence-electron chi connectivity index (χ2n) is 10.3. The third-order valence-electron chi connectivity index (χ3n) is 6.59. The number of aromatic hydroxyl groups is 1. The lowest BCUT2D eigenvalue weighted by Gasteiger charge is -2.20. The Morgan fingerprint density at radius 3 is 2.55 bits per heavy atom. The predicted molar refractivity (Wildman–Crippen MR) is 138 cm³/mol. The molecule has 4 N–H and O–H groups in total. The predicted octanol–water partition coefficient (Wildman–Crippen LogP) is 3.01. The number of aryl methyl sites for hydroxylation is 1. The van der Waals surface area contributed by atoms with E-state index in [4.69, 9.17) is 0 Å². The first-order valence-electron chi connectivity index (χ1n) is 12.3. The Balaban J connectivity index is 1.22. The molecule has 1 aliphatic rings. The minimum absolute atomic E-state index is 0.0808. The molecule has 5 rings (SSSR count). The molecule has 0 saturated carbocycles. The lowest BCUT2D eigenvalue weighted by molar-refractivity contribution is 0.0931. The highest BCUT2D eigenvalue weighted by atomic mass is 16.3. The quantitative estimate of drug-likeness (QED) is 0.307. The van der Waals surface area contributed by atoms with Crippen molar-refractivity contribution in [2.45, 2.75) is 51.6 Å². The molecule has 4 aromatic rings. The minimum atomic E-state index is -0.443. The van der Waals surface area contributed by atoms with Crippen molar-refractivity contribution in [1.82, 2.24) is 41.2 Å². The SMILES string of the molecule is CC(C)(C)c1ccc(CNC(=O)c2cc(C(=O)N[C@@H]3CCc4cc(-c5nn[nH]n5)ccc43)ncn2)cc1O. The van der Waals surface area contributed by atoms with Crippen LogP contribution >= 0.6 is 0 Å². The number of carbonyl (C=O) groups is 2. The second-order valence-corrected chi connectivity index (χ2v) is 10.3. The van der Waals surface area contributed by atoms with Gasteiger partial charge in [-0.1, -0.05) is 45.0 Å². The molecule has 0 fully saturated rings. The van der Waals surface area contributed by atoms with Gasteiger partial charge in [0.2, 0.25) is 5.82 Å². The summed E-state index contributed by atoms with van der Waals surface area (Å²) < 4.78 is 0. The highest BCUT2D eigenvalue weighted by molar-refractivity contribution is 5.97. The molecule has 2 amide bonds. The van der Waals surface area contributed by atoms with Gasteiger partial charge in [-0.3, -0.25) is 9.59 Å². The smallest absolute Gasteiger partial charge is 0.270 e. The fraction of sp³-hybridized carbons (Fsp3) is 0.296. The number of tetrazole rings is 1. The van der Waals surface area contributed by atoms with Crippen molar-refractivity contribution in [3.05, 3.63) is 82.4 Å². The summed E-state index contributed by atoms with van der Waals surface area (Å²) in [6.07, 6.45) is 2.75. The average Bonchev–Trinajstić information content (AvgIpc) is 3.57. The minimum Gasteiger partial charge on any atom is -0.508 e. The Kier molecular flexibility index (Phi) is 6.58. The van der Waals surface area contributed by atoms with Gasteiger partial charge in [-0.15, -0.1) is 10.2 Å². The van der Waals surface area contributed by atoms with E-state index in [2.05, 4.69) is 41.2 Å². The number of nitrogens with zero attached hydrogens (tertiary/aromatic N) is 5. The number of amides is 2. The molecule has 0 bridgehead atoms. The standard InChI is InChI=1S/C27H28N8O3/c1-27(2,3)19-8-4-15(10-23(19)36)13-28-25(37)21-12-22(30-14-29-21)26(38)31-20-9-6-16-11-17(5-7-18(16)20)24-32-34-35-33-24/h4-5,7-8,10-12,14,20,36H,6,9,13H2,1-3H3,(H,28,37)(H,31,38)(H,32,33,34,35)/t20-/m1/s1. The number of nitrogens with one attached hydrogen (secondary N) is 3. The van der Waals surface area contributed by atoms with Crippen LogP contribution in [-0.2, 0) is 18.4 Å². The second kappa shape index (κ2) is 10.0. The summed E-state index contributed by atoms with van der Waals surface area (Å²) in [4.78, 5) is 33.8. The normalized spacial score (nSPS) is 14.7. The van der Waals surface area contributed by atoms with E-state index >= 15 is 0 Å². The van der Waals surface area contributed by atoms with E-state index in [1.807, 2.05) is 51.1 Å². The monoisotopic (exact) mass is 512 g/mol. The molecular weight excluding hydrogens is 484 g/mol. The number of phenolic OH excluding ortho intramolecular Hbond substituents is 1. The molecule has 2 heterocycles. The van der Waals surface area contributed by atoms with Crippen LogP contribution in [0.4, 0.5) is 0 Å². The summed E-state index contributed by atoms with van der Waals surface area (Å²) in [5.41, 5.74) is 4.57. The number of hydrogen-bond donors (Lipinski definition) is 4. The van der Waals surface area contributed by atoms with Crippen LogP contribution in [0.25, 0.3) is 11.4 Å². The van der Waals surface area contributed by atoms with Crippen LogP contribution in [0.1, 0.15) is 76.5 Å². The van der Waals surface area contributed by atoms with Crippen LogP contribution < -0.4 is 10.6 Å². The zero-order valence-corrected chi connectivity index (χ0v) is 21.3. The first-order chi connectivity index (χ1) is 18.2. The summed E-state index contributed by atoms with van der Waals surface area (Å²) in [6.45, 7) is 6.26. The molecular formula is C27H28N8O3. The van der Waals surface area contributed by atoms with Crippen LogP contribution in [0.5, 0.6) is 5.75 Å². The van der Waals surface area contributed by atoms with Gasteiger partial charge in [-0.2, -0.15) is 5.21 Å². The maximum atomic E-state index is 13.0. The van der Waals surface area contributed by atoms with Gasteiger partial charge in [0.25, 0.3) is 11.8 Å². The number of aromatic nitrogens is 6. The van der Waals surface area contributed by atoms with E-state index in [0.29, 0.717) is 5.82 Å². The molecule has 2 aromatic heterocycles. The molecule has 1 atom stereocenters. The van der Waals surface area contributed by atoms with Crippen molar-refractivity contribution in [3.63, 3.8) is 0 Å². The van der Waals surface area contributed by atoms with Gasteiger partial charge in [0.05, 0.1) is 6.04 Å². The molecule has 0 aliphatic heterocycles. The Labute approximate surface area is 219 Å². The average molecular weight is 513 g/mol. The molecule has 2 aromatic carbocycles. The number of carbonyl (C=O) groups excluding carboxylic acids is 2. The van der Waals surface area contributed by atoms with E-state index in [1.165, 1.54) is 12.4 Å².